The molecule has 0 aliphatic rings. The normalized spacial score (nSPS) is 11.6. The van der Waals surface area contributed by atoms with Gasteiger partial charge in [-0.3, -0.25) is 4.40 Å². The Hall–Kier alpha value is -6.71. The lowest BCUT2D eigenvalue weighted by Crippen LogP contribution is -2.10. The third kappa shape index (κ3) is 4.56. The minimum atomic E-state index is 0.983. The van der Waals surface area contributed by atoms with Crippen LogP contribution in [-0.2, 0) is 0 Å². The molecule has 0 amide bonds. The molecule has 2 aromatic heterocycles. The molecule has 0 N–H and O–H groups in total. The Balaban J connectivity index is 1.23. The van der Waals surface area contributed by atoms with Crippen molar-refractivity contribution in [1.82, 2.24) is 9.38 Å². The summed E-state index contributed by atoms with van der Waals surface area (Å²) in [5.74, 6) is 0. The highest BCUT2D eigenvalue weighted by Crippen LogP contribution is 2.42. The Bertz CT molecular complexity index is 2750. The van der Waals surface area contributed by atoms with Gasteiger partial charge in [0.15, 0.2) is 0 Å². The molecule has 0 atom stereocenters. The average molecular weight is 638 g/mol. The van der Waals surface area contributed by atoms with Gasteiger partial charge in [-0.05, 0) is 93.7 Å². The van der Waals surface area contributed by atoms with E-state index in [9.17, 15) is 0 Å². The first-order valence-corrected chi connectivity index (χ1v) is 17.1. The first-order chi connectivity index (χ1) is 24.8. The molecule has 0 aliphatic carbocycles. The van der Waals surface area contributed by atoms with Crippen molar-refractivity contribution < 1.29 is 0 Å². The van der Waals surface area contributed by atoms with Crippen LogP contribution in [0.25, 0.3) is 71.4 Å². The summed E-state index contributed by atoms with van der Waals surface area (Å²) in [6.45, 7) is 0. The standard InChI is InChI=1S/C47H31N3/c1-3-11-32(12-4-1)34-19-24-37(25-20-34)49(38-26-21-35(22-27-38)33-13-5-2-6-14-33)39-28-30-44-42(31-39)46-40-16-8-7-15-36(40)23-29-41(46)47-48-43-17-9-10-18-45(43)50(44)47/h1-31H. The first-order valence-electron chi connectivity index (χ1n) is 17.1. The van der Waals surface area contributed by atoms with Gasteiger partial charge in [-0.25, -0.2) is 4.98 Å². The van der Waals surface area contributed by atoms with Crippen molar-refractivity contribution in [3.8, 4) is 22.3 Å². The van der Waals surface area contributed by atoms with Crippen LogP contribution >= 0.6 is 0 Å². The molecule has 3 nitrogen and oxygen atoms in total. The highest BCUT2D eigenvalue weighted by molar-refractivity contribution is 6.24. The van der Waals surface area contributed by atoms with E-state index in [0.29, 0.717) is 0 Å². The second kappa shape index (κ2) is 11.5. The van der Waals surface area contributed by atoms with E-state index in [0.717, 1.165) is 44.6 Å². The van der Waals surface area contributed by atoms with Crippen LogP contribution < -0.4 is 4.90 Å². The van der Waals surface area contributed by atoms with Crippen molar-refractivity contribution in [2.45, 2.75) is 0 Å². The molecule has 2 heterocycles. The third-order valence-electron chi connectivity index (χ3n) is 9.94. The lowest BCUT2D eigenvalue weighted by atomic mass is 9.98. The SMILES string of the molecule is c1ccc(-c2ccc(N(c3ccc(-c4ccccc4)cc3)c3ccc4c(c3)c3c5ccccc5ccc3c3nc5ccccc5n43)cc2)cc1. The van der Waals surface area contributed by atoms with Crippen molar-refractivity contribution in [2.75, 3.05) is 4.90 Å². The van der Waals surface area contributed by atoms with E-state index in [4.69, 9.17) is 4.98 Å². The fraction of sp³-hybridized carbons (Fsp3) is 0. The Morgan fingerprint density at radius 1 is 0.380 bits per heavy atom. The van der Waals surface area contributed by atoms with Gasteiger partial charge in [0.1, 0.15) is 5.65 Å². The van der Waals surface area contributed by atoms with Crippen LogP contribution in [0.2, 0.25) is 0 Å². The minimum absolute atomic E-state index is 0.983. The fourth-order valence-electron chi connectivity index (χ4n) is 7.57. The number of fused-ring (bicyclic) bond motifs is 10. The van der Waals surface area contributed by atoms with Gasteiger partial charge in [-0.1, -0.05) is 127 Å². The summed E-state index contributed by atoms with van der Waals surface area (Å²) in [5.41, 5.74) is 12.3. The number of imidazole rings is 1. The molecule has 8 aromatic carbocycles. The maximum absolute atomic E-state index is 5.17. The quantitative estimate of drug-likeness (QED) is 0.175. The van der Waals surface area contributed by atoms with Crippen LogP contribution in [0.1, 0.15) is 0 Å². The summed E-state index contributed by atoms with van der Waals surface area (Å²) in [6, 6.07) is 67.5. The number of anilines is 3. The smallest absolute Gasteiger partial charge is 0.146 e. The van der Waals surface area contributed by atoms with E-state index in [1.54, 1.807) is 0 Å². The van der Waals surface area contributed by atoms with Crippen molar-refractivity contribution >= 4 is 66.2 Å². The minimum Gasteiger partial charge on any atom is -0.310 e. The second-order valence-electron chi connectivity index (χ2n) is 12.8. The van der Waals surface area contributed by atoms with Crippen LogP contribution in [0.4, 0.5) is 17.1 Å². The van der Waals surface area contributed by atoms with Gasteiger partial charge in [0.25, 0.3) is 0 Å². The Labute approximate surface area is 289 Å². The highest BCUT2D eigenvalue weighted by Gasteiger charge is 2.19. The van der Waals surface area contributed by atoms with Crippen LogP contribution in [0.15, 0.2) is 188 Å². The van der Waals surface area contributed by atoms with Crippen molar-refractivity contribution in [3.63, 3.8) is 0 Å². The molecule has 234 valence electrons. The zero-order valence-corrected chi connectivity index (χ0v) is 27.2. The molecule has 0 fully saturated rings. The highest BCUT2D eigenvalue weighted by atomic mass is 15.1. The number of pyridine rings is 1. The van der Waals surface area contributed by atoms with Crippen LogP contribution in [0.3, 0.4) is 0 Å². The van der Waals surface area contributed by atoms with Gasteiger partial charge in [-0.15, -0.1) is 0 Å². The Morgan fingerprint density at radius 3 is 1.62 bits per heavy atom. The zero-order valence-electron chi connectivity index (χ0n) is 27.2. The fourth-order valence-corrected chi connectivity index (χ4v) is 7.57. The maximum Gasteiger partial charge on any atom is 0.146 e. The number of aromatic nitrogens is 2. The third-order valence-corrected chi connectivity index (χ3v) is 9.94. The number of nitrogens with zero attached hydrogens (tertiary/aromatic N) is 3. The molecular formula is C47H31N3. The molecule has 10 rings (SSSR count). The van der Waals surface area contributed by atoms with Gasteiger partial charge in [-0.2, -0.15) is 0 Å². The molecular weight excluding hydrogens is 607 g/mol. The molecule has 0 spiro atoms. The molecule has 0 saturated heterocycles. The van der Waals surface area contributed by atoms with Gasteiger partial charge >= 0.3 is 0 Å². The van der Waals surface area contributed by atoms with Crippen molar-refractivity contribution in [2.24, 2.45) is 0 Å². The summed E-state index contributed by atoms with van der Waals surface area (Å²) >= 11 is 0. The Morgan fingerprint density at radius 2 is 0.940 bits per heavy atom. The summed E-state index contributed by atoms with van der Waals surface area (Å²) < 4.78 is 2.33. The maximum atomic E-state index is 5.17. The molecule has 0 aliphatic heterocycles. The predicted molar refractivity (Wildman–Crippen MR) is 211 cm³/mol. The Kier molecular flexibility index (Phi) is 6.49. The van der Waals surface area contributed by atoms with Gasteiger partial charge in [0, 0.05) is 33.2 Å². The number of para-hydroxylation sites is 2. The van der Waals surface area contributed by atoms with Crippen LogP contribution in [0.5, 0.6) is 0 Å². The van der Waals surface area contributed by atoms with Crippen molar-refractivity contribution in [1.29, 1.82) is 0 Å². The zero-order chi connectivity index (χ0) is 33.0. The summed E-state index contributed by atoms with van der Waals surface area (Å²) in [6.07, 6.45) is 0. The lowest BCUT2D eigenvalue weighted by molar-refractivity contribution is 1.28. The summed E-state index contributed by atoms with van der Waals surface area (Å²) in [4.78, 5) is 7.54. The number of rotatable bonds is 5. The van der Waals surface area contributed by atoms with E-state index in [2.05, 4.69) is 197 Å². The molecule has 0 bridgehead atoms. The monoisotopic (exact) mass is 637 g/mol. The van der Waals surface area contributed by atoms with Gasteiger partial charge < -0.3 is 4.90 Å². The van der Waals surface area contributed by atoms with Crippen LogP contribution in [-0.4, -0.2) is 9.38 Å². The number of hydrogen-bond donors (Lipinski definition) is 0. The number of benzene rings is 8. The van der Waals surface area contributed by atoms with E-state index in [1.165, 1.54) is 43.8 Å². The summed E-state index contributed by atoms with van der Waals surface area (Å²) in [7, 11) is 0. The molecule has 0 saturated carbocycles. The molecule has 0 radical (unpaired) electrons. The predicted octanol–water partition coefficient (Wildman–Crippen LogP) is 12.8. The second-order valence-corrected chi connectivity index (χ2v) is 12.8. The molecule has 50 heavy (non-hydrogen) atoms. The number of hydrogen-bond acceptors (Lipinski definition) is 2. The van der Waals surface area contributed by atoms with Gasteiger partial charge in [0.05, 0.1) is 16.6 Å². The van der Waals surface area contributed by atoms with E-state index in [1.807, 2.05) is 0 Å². The lowest BCUT2D eigenvalue weighted by Gasteiger charge is -2.26. The molecule has 3 heteroatoms. The van der Waals surface area contributed by atoms with Crippen molar-refractivity contribution in [3.05, 3.63) is 188 Å². The van der Waals surface area contributed by atoms with E-state index < -0.39 is 0 Å². The molecule has 0 unspecified atom stereocenters. The largest absolute Gasteiger partial charge is 0.310 e. The van der Waals surface area contributed by atoms with Gasteiger partial charge in [0.2, 0.25) is 0 Å². The average Bonchev–Trinajstić information content (AvgIpc) is 3.59. The summed E-state index contributed by atoms with van der Waals surface area (Å²) in [5, 5.41) is 6.01. The van der Waals surface area contributed by atoms with E-state index in [-0.39, 0.29) is 0 Å². The van der Waals surface area contributed by atoms with Crippen LogP contribution in [0, 0.1) is 0 Å². The van der Waals surface area contributed by atoms with E-state index >= 15 is 0 Å². The first kappa shape index (κ1) is 28.3. The molecule has 10 aromatic rings. The topological polar surface area (TPSA) is 20.5 Å².